The lowest BCUT2D eigenvalue weighted by Crippen LogP contribution is -2.37. The second-order valence-corrected chi connectivity index (χ2v) is 5.02. The molecule has 0 atom stereocenters. The molecular weight excluding hydrogens is 264 g/mol. The molecule has 21 heavy (non-hydrogen) atoms. The molecule has 0 saturated heterocycles. The van der Waals surface area contributed by atoms with Gasteiger partial charge in [-0.3, -0.25) is 4.98 Å². The quantitative estimate of drug-likeness (QED) is 0.461. The maximum atomic E-state index is 5.43. The molecule has 1 rings (SSSR count). The number of pyridine rings is 1. The van der Waals surface area contributed by atoms with E-state index in [2.05, 4.69) is 34.5 Å². The summed E-state index contributed by atoms with van der Waals surface area (Å²) in [6.07, 6.45) is 4.15. The Hall–Kier alpha value is -1.78. The molecule has 0 aromatic carbocycles. The number of nitrogens with zero attached hydrogens (tertiary/aromatic N) is 2. The largest absolute Gasteiger partial charge is 0.496 e. The van der Waals surface area contributed by atoms with Gasteiger partial charge in [-0.2, -0.15) is 0 Å². The minimum atomic E-state index is 0.546. The number of hydrogen-bond acceptors (Lipinski definition) is 3. The van der Waals surface area contributed by atoms with Crippen LogP contribution in [0.1, 0.15) is 43.5 Å². The molecule has 0 radical (unpaired) electrons. The van der Waals surface area contributed by atoms with E-state index < -0.39 is 0 Å². The molecule has 5 heteroatoms. The van der Waals surface area contributed by atoms with Crippen LogP contribution in [0.5, 0.6) is 5.75 Å². The van der Waals surface area contributed by atoms with Crippen LogP contribution in [-0.2, 0) is 6.54 Å². The summed E-state index contributed by atoms with van der Waals surface area (Å²) >= 11 is 0. The van der Waals surface area contributed by atoms with E-state index in [1.807, 2.05) is 20.0 Å². The van der Waals surface area contributed by atoms with Gasteiger partial charge in [-0.1, -0.05) is 13.3 Å². The smallest absolute Gasteiger partial charge is 0.191 e. The Morgan fingerprint density at radius 2 is 2.05 bits per heavy atom. The van der Waals surface area contributed by atoms with Crippen LogP contribution in [0.4, 0.5) is 0 Å². The lowest BCUT2D eigenvalue weighted by Gasteiger charge is -2.13. The molecule has 0 bridgehead atoms. The van der Waals surface area contributed by atoms with Crippen LogP contribution in [0.3, 0.4) is 0 Å². The van der Waals surface area contributed by atoms with Gasteiger partial charge in [-0.05, 0) is 27.2 Å². The van der Waals surface area contributed by atoms with E-state index in [0.717, 1.165) is 48.0 Å². The van der Waals surface area contributed by atoms with Crippen molar-refractivity contribution in [3.8, 4) is 5.75 Å². The normalized spacial score (nSPS) is 11.4. The molecule has 5 nitrogen and oxygen atoms in total. The van der Waals surface area contributed by atoms with Crippen molar-refractivity contribution in [3.05, 3.63) is 23.0 Å². The van der Waals surface area contributed by atoms with Crippen LogP contribution in [-0.4, -0.2) is 31.1 Å². The number of ether oxygens (including phenoxy) is 1. The summed E-state index contributed by atoms with van der Waals surface area (Å²) in [6, 6.07) is 0. The van der Waals surface area contributed by atoms with Gasteiger partial charge in [0.05, 0.1) is 19.3 Å². The van der Waals surface area contributed by atoms with Crippen LogP contribution < -0.4 is 15.4 Å². The van der Waals surface area contributed by atoms with Gasteiger partial charge in [-0.15, -0.1) is 0 Å². The van der Waals surface area contributed by atoms with E-state index in [4.69, 9.17) is 4.74 Å². The topological polar surface area (TPSA) is 58.5 Å². The third kappa shape index (κ3) is 5.25. The van der Waals surface area contributed by atoms with Crippen molar-refractivity contribution in [1.82, 2.24) is 15.6 Å². The SMILES string of the molecule is CCCCNC(=NCc1ncc(C)c(OC)c1C)NCC. The predicted octanol–water partition coefficient (Wildman–Crippen LogP) is 2.56. The summed E-state index contributed by atoms with van der Waals surface area (Å²) in [4.78, 5) is 9.07. The Morgan fingerprint density at radius 1 is 1.29 bits per heavy atom. The Kier molecular flexibility index (Phi) is 7.58. The first kappa shape index (κ1) is 17.3. The third-order valence-electron chi connectivity index (χ3n) is 3.30. The first-order valence-electron chi connectivity index (χ1n) is 7.65. The number of aliphatic imine (C=N–C) groups is 1. The standard InChI is InChI=1S/C16H28N4O/c1-6-8-9-18-16(17-7-2)20-11-14-13(4)15(21-5)12(3)10-19-14/h10H,6-9,11H2,1-5H3,(H2,17,18,20). The first-order valence-corrected chi connectivity index (χ1v) is 7.65. The number of nitrogens with one attached hydrogen (secondary N) is 2. The Labute approximate surface area is 128 Å². The molecule has 0 aliphatic rings. The molecule has 0 saturated carbocycles. The molecule has 0 aliphatic carbocycles. The van der Waals surface area contributed by atoms with Gasteiger partial charge in [-0.25, -0.2) is 4.99 Å². The number of rotatable bonds is 7. The molecule has 0 fully saturated rings. The highest BCUT2D eigenvalue weighted by molar-refractivity contribution is 5.79. The predicted molar refractivity (Wildman–Crippen MR) is 88.0 cm³/mol. The number of aromatic nitrogens is 1. The highest BCUT2D eigenvalue weighted by Crippen LogP contribution is 2.24. The second kappa shape index (κ2) is 9.21. The zero-order valence-corrected chi connectivity index (χ0v) is 13.9. The summed E-state index contributed by atoms with van der Waals surface area (Å²) < 4.78 is 5.43. The second-order valence-electron chi connectivity index (χ2n) is 5.02. The fourth-order valence-corrected chi connectivity index (χ4v) is 2.11. The van der Waals surface area contributed by atoms with E-state index in [-0.39, 0.29) is 0 Å². The van der Waals surface area contributed by atoms with Gasteiger partial charge in [0, 0.05) is 30.4 Å². The van der Waals surface area contributed by atoms with Crippen LogP contribution in [0.25, 0.3) is 0 Å². The molecule has 0 spiro atoms. The number of unbranched alkanes of at least 4 members (excludes halogenated alkanes) is 1. The number of aryl methyl sites for hydroxylation is 1. The third-order valence-corrected chi connectivity index (χ3v) is 3.30. The minimum Gasteiger partial charge on any atom is -0.496 e. The maximum Gasteiger partial charge on any atom is 0.191 e. The summed E-state index contributed by atoms with van der Waals surface area (Å²) in [5.41, 5.74) is 3.06. The van der Waals surface area contributed by atoms with Crippen molar-refractivity contribution in [2.75, 3.05) is 20.2 Å². The molecule has 1 heterocycles. The van der Waals surface area contributed by atoms with Crippen molar-refractivity contribution in [1.29, 1.82) is 0 Å². The fraction of sp³-hybridized carbons (Fsp3) is 0.625. The van der Waals surface area contributed by atoms with Crippen molar-refractivity contribution in [2.24, 2.45) is 4.99 Å². The maximum absolute atomic E-state index is 5.43. The summed E-state index contributed by atoms with van der Waals surface area (Å²) in [5, 5.41) is 6.58. The summed E-state index contributed by atoms with van der Waals surface area (Å²) in [7, 11) is 1.69. The van der Waals surface area contributed by atoms with Gasteiger partial charge < -0.3 is 15.4 Å². The van der Waals surface area contributed by atoms with Crippen molar-refractivity contribution >= 4 is 5.96 Å². The average Bonchev–Trinajstić information content (AvgIpc) is 2.47. The molecule has 0 amide bonds. The Morgan fingerprint density at radius 3 is 2.67 bits per heavy atom. The molecule has 0 aliphatic heterocycles. The van der Waals surface area contributed by atoms with Gasteiger partial charge >= 0.3 is 0 Å². The van der Waals surface area contributed by atoms with Crippen LogP contribution in [0, 0.1) is 13.8 Å². The number of methoxy groups -OCH3 is 1. The average molecular weight is 292 g/mol. The molecule has 2 N–H and O–H groups in total. The molecule has 1 aromatic rings. The van der Waals surface area contributed by atoms with E-state index in [1.165, 1.54) is 6.42 Å². The lowest BCUT2D eigenvalue weighted by atomic mass is 10.1. The Bertz CT molecular complexity index is 472. The zero-order chi connectivity index (χ0) is 15.7. The van der Waals surface area contributed by atoms with Crippen LogP contribution in [0.15, 0.2) is 11.2 Å². The minimum absolute atomic E-state index is 0.546. The van der Waals surface area contributed by atoms with Gasteiger partial charge in [0.25, 0.3) is 0 Å². The fourth-order valence-electron chi connectivity index (χ4n) is 2.11. The van der Waals surface area contributed by atoms with Gasteiger partial charge in [0.15, 0.2) is 5.96 Å². The van der Waals surface area contributed by atoms with Gasteiger partial charge in [0.1, 0.15) is 5.75 Å². The molecular formula is C16H28N4O. The van der Waals surface area contributed by atoms with Gasteiger partial charge in [0.2, 0.25) is 0 Å². The van der Waals surface area contributed by atoms with Crippen LogP contribution in [0.2, 0.25) is 0 Å². The molecule has 1 aromatic heterocycles. The number of guanidine groups is 1. The molecule has 118 valence electrons. The molecule has 0 unspecified atom stereocenters. The van der Waals surface area contributed by atoms with E-state index in [9.17, 15) is 0 Å². The lowest BCUT2D eigenvalue weighted by molar-refractivity contribution is 0.407. The highest BCUT2D eigenvalue weighted by atomic mass is 16.5. The first-order chi connectivity index (χ1) is 10.1. The summed E-state index contributed by atoms with van der Waals surface area (Å²) in [5.74, 6) is 1.74. The van der Waals surface area contributed by atoms with Crippen molar-refractivity contribution < 1.29 is 4.74 Å². The summed E-state index contributed by atoms with van der Waals surface area (Å²) in [6.45, 7) is 10.6. The van der Waals surface area contributed by atoms with Crippen molar-refractivity contribution in [3.63, 3.8) is 0 Å². The van der Waals surface area contributed by atoms with Crippen LogP contribution >= 0.6 is 0 Å². The van der Waals surface area contributed by atoms with E-state index >= 15 is 0 Å². The van der Waals surface area contributed by atoms with E-state index in [0.29, 0.717) is 6.54 Å². The monoisotopic (exact) mass is 292 g/mol. The van der Waals surface area contributed by atoms with E-state index in [1.54, 1.807) is 7.11 Å². The zero-order valence-electron chi connectivity index (χ0n) is 13.9. The number of hydrogen-bond donors (Lipinski definition) is 2. The van der Waals surface area contributed by atoms with Crippen molar-refractivity contribution in [2.45, 2.75) is 47.1 Å². The highest BCUT2D eigenvalue weighted by Gasteiger charge is 2.09. The Balaban J connectivity index is 2.79.